The molecule has 2 aromatic carbocycles. The molecule has 1 fully saturated rings. The molecule has 0 radical (unpaired) electrons. The van der Waals surface area contributed by atoms with E-state index in [9.17, 15) is 9.90 Å². The minimum absolute atomic E-state index is 0.352. The molecule has 0 amide bonds. The first kappa shape index (κ1) is 12.5. The molecule has 4 heteroatoms. The number of carbonyl (C=O) groups is 1. The van der Waals surface area contributed by atoms with Crippen molar-refractivity contribution in [1.29, 1.82) is 0 Å². The first-order valence-corrected chi connectivity index (χ1v) is 7.24. The molecule has 0 aliphatic heterocycles. The van der Waals surface area contributed by atoms with Gasteiger partial charge in [-0.1, -0.05) is 24.3 Å². The van der Waals surface area contributed by atoms with E-state index < -0.39 is 6.16 Å². The Labute approximate surface area is 122 Å². The summed E-state index contributed by atoms with van der Waals surface area (Å²) in [4.78, 5) is 11.6. The fourth-order valence-electron chi connectivity index (χ4n) is 3.99. The molecule has 0 spiro atoms. The highest BCUT2D eigenvalue weighted by molar-refractivity contribution is 5.97. The van der Waals surface area contributed by atoms with Crippen LogP contribution in [0.15, 0.2) is 24.3 Å². The number of fused-ring (bicyclic) bond motifs is 6. The molecule has 2 bridgehead atoms. The summed E-state index contributed by atoms with van der Waals surface area (Å²) in [6.45, 7) is 0. The van der Waals surface area contributed by atoms with Gasteiger partial charge in [-0.2, -0.15) is 0 Å². The number of ether oxygens (including phenoxy) is 2. The van der Waals surface area contributed by atoms with E-state index in [0.717, 1.165) is 41.2 Å². The van der Waals surface area contributed by atoms with Gasteiger partial charge in [0.15, 0.2) is 0 Å². The average Bonchev–Trinajstić information content (AvgIpc) is 3.12. The molecule has 0 heterocycles. The lowest BCUT2D eigenvalue weighted by Crippen LogP contribution is -2.11. The zero-order chi connectivity index (χ0) is 14.6. The maximum absolute atomic E-state index is 11.6. The Morgan fingerprint density at radius 3 is 2.52 bits per heavy atom. The van der Waals surface area contributed by atoms with Gasteiger partial charge < -0.3 is 14.6 Å². The smallest absolute Gasteiger partial charge is 0.507 e. The van der Waals surface area contributed by atoms with Gasteiger partial charge in [0.1, 0.15) is 11.5 Å². The van der Waals surface area contributed by atoms with E-state index in [1.807, 2.05) is 24.3 Å². The van der Waals surface area contributed by atoms with Crippen molar-refractivity contribution in [1.82, 2.24) is 0 Å². The van der Waals surface area contributed by atoms with Crippen LogP contribution in [-0.4, -0.2) is 18.4 Å². The normalized spacial score (nSPS) is 22.3. The summed E-state index contributed by atoms with van der Waals surface area (Å²) >= 11 is 0. The zero-order valence-electron chi connectivity index (χ0n) is 11.8. The van der Waals surface area contributed by atoms with Gasteiger partial charge in [0, 0.05) is 21.9 Å². The fraction of sp³-hybridized carbons (Fsp3) is 0.353. The van der Waals surface area contributed by atoms with Crippen LogP contribution in [0, 0.1) is 0 Å². The van der Waals surface area contributed by atoms with Crippen molar-refractivity contribution < 1.29 is 19.4 Å². The molecule has 108 valence electrons. The van der Waals surface area contributed by atoms with Gasteiger partial charge in [-0.15, -0.1) is 0 Å². The fourth-order valence-corrected chi connectivity index (χ4v) is 3.99. The molecule has 2 aliphatic rings. The van der Waals surface area contributed by atoms with Crippen molar-refractivity contribution in [2.45, 2.75) is 31.1 Å². The molecule has 0 saturated heterocycles. The Hall–Kier alpha value is -2.23. The first-order chi connectivity index (χ1) is 10.2. The standard InChI is InChI=1S/C17H16O4/c1-20-17(19)21-16-12-5-3-2-4-11(12)15(18)13-9-6-7-10(8-9)14(13)16/h2-5,9-10,18H,6-8H2,1H3. The highest BCUT2D eigenvalue weighted by atomic mass is 16.7. The summed E-state index contributed by atoms with van der Waals surface area (Å²) in [6, 6.07) is 7.50. The topological polar surface area (TPSA) is 55.8 Å². The van der Waals surface area contributed by atoms with Gasteiger partial charge in [0.05, 0.1) is 7.11 Å². The summed E-state index contributed by atoms with van der Waals surface area (Å²) in [5.74, 6) is 1.68. The maximum Gasteiger partial charge on any atom is 0.513 e. The third kappa shape index (κ3) is 1.65. The monoisotopic (exact) mass is 284 g/mol. The zero-order valence-corrected chi connectivity index (χ0v) is 11.8. The Kier molecular flexibility index (Phi) is 2.61. The van der Waals surface area contributed by atoms with Crippen molar-refractivity contribution in [2.24, 2.45) is 0 Å². The number of benzene rings is 2. The number of carbonyl (C=O) groups excluding carboxylic acids is 1. The van der Waals surface area contributed by atoms with E-state index in [1.54, 1.807) is 0 Å². The van der Waals surface area contributed by atoms with Crippen LogP contribution < -0.4 is 4.74 Å². The molecular weight excluding hydrogens is 268 g/mol. The van der Waals surface area contributed by atoms with Crippen LogP contribution in [0.25, 0.3) is 10.8 Å². The summed E-state index contributed by atoms with van der Waals surface area (Å²) in [5, 5.41) is 12.1. The van der Waals surface area contributed by atoms with E-state index in [1.165, 1.54) is 7.11 Å². The number of methoxy groups -OCH3 is 1. The van der Waals surface area contributed by atoms with Gasteiger partial charge in [-0.05, 0) is 31.1 Å². The number of rotatable bonds is 1. The summed E-state index contributed by atoms with van der Waals surface area (Å²) in [6.07, 6.45) is 2.51. The van der Waals surface area contributed by atoms with Crippen molar-refractivity contribution in [3.8, 4) is 11.5 Å². The second kappa shape index (κ2) is 4.38. The Morgan fingerprint density at radius 1 is 1.14 bits per heavy atom. The molecule has 0 aromatic heterocycles. The van der Waals surface area contributed by atoms with Crippen LogP contribution in [0.3, 0.4) is 0 Å². The molecule has 21 heavy (non-hydrogen) atoms. The van der Waals surface area contributed by atoms with Crippen LogP contribution in [0.2, 0.25) is 0 Å². The van der Waals surface area contributed by atoms with Crippen molar-refractivity contribution in [3.63, 3.8) is 0 Å². The first-order valence-electron chi connectivity index (χ1n) is 7.24. The summed E-state index contributed by atoms with van der Waals surface area (Å²) < 4.78 is 10.1. The van der Waals surface area contributed by atoms with Crippen LogP contribution >= 0.6 is 0 Å². The lowest BCUT2D eigenvalue weighted by atomic mass is 9.87. The largest absolute Gasteiger partial charge is 0.513 e. The summed E-state index contributed by atoms with van der Waals surface area (Å²) in [5.41, 5.74) is 1.98. The lowest BCUT2D eigenvalue weighted by molar-refractivity contribution is 0.121. The molecule has 1 N–H and O–H groups in total. The van der Waals surface area contributed by atoms with Gasteiger partial charge in [0.2, 0.25) is 0 Å². The van der Waals surface area contributed by atoms with Crippen molar-refractivity contribution >= 4 is 16.9 Å². The lowest BCUT2D eigenvalue weighted by Gasteiger charge is -2.22. The molecule has 2 unspecified atom stereocenters. The van der Waals surface area contributed by atoms with E-state index in [-0.39, 0.29) is 0 Å². The predicted octanol–water partition coefficient (Wildman–Crippen LogP) is 4.06. The Balaban J connectivity index is 2.04. The van der Waals surface area contributed by atoms with E-state index in [4.69, 9.17) is 4.74 Å². The Bertz CT molecular complexity index is 750. The van der Waals surface area contributed by atoms with E-state index >= 15 is 0 Å². The Morgan fingerprint density at radius 2 is 1.81 bits per heavy atom. The third-order valence-corrected chi connectivity index (χ3v) is 4.82. The highest BCUT2D eigenvalue weighted by Crippen LogP contribution is 2.60. The predicted molar refractivity (Wildman–Crippen MR) is 78.0 cm³/mol. The second-order valence-corrected chi connectivity index (χ2v) is 5.81. The molecule has 1 saturated carbocycles. The number of aromatic hydroxyl groups is 1. The van der Waals surface area contributed by atoms with Crippen molar-refractivity contribution in [3.05, 3.63) is 35.4 Å². The summed E-state index contributed by atoms with van der Waals surface area (Å²) in [7, 11) is 1.30. The minimum Gasteiger partial charge on any atom is -0.507 e. The molecule has 2 aliphatic carbocycles. The van der Waals surface area contributed by atoms with E-state index in [0.29, 0.717) is 23.3 Å². The SMILES string of the molecule is COC(=O)Oc1c2c(c(O)c3ccccc13)C1CCC2C1. The molecule has 2 aromatic rings. The molecular formula is C17H16O4. The van der Waals surface area contributed by atoms with Gasteiger partial charge in [-0.3, -0.25) is 0 Å². The van der Waals surface area contributed by atoms with Crippen molar-refractivity contribution in [2.75, 3.05) is 7.11 Å². The third-order valence-electron chi connectivity index (χ3n) is 4.82. The van der Waals surface area contributed by atoms with E-state index in [2.05, 4.69) is 4.74 Å². The molecule has 2 atom stereocenters. The highest BCUT2D eigenvalue weighted by Gasteiger charge is 2.42. The minimum atomic E-state index is -0.712. The van der Waals surface area contributed by atoms with Crippen LogP contribution in [0.5, 0.6) is 11.5 Å². The average molecular weight is 284 g/mol. The number of phenols is 1. The second-order valence-electron chi connectivity index (χ2n) is 5.81. The quantitative estimate of drug-likeness (QED) is 0.634. The maximum atomic E-state index is 11.6. The van der Waals surface area contributed by atoms with Gasteiger partial charge in [0.25, 0.3) is 0 Å². The van der Waals surface area contributed by atoms with Crippen LogP contribution in [0.1, 0.15) is 42.2 Å². The number of hydrogen-bond donors (Lipinski definition) is 1. The molecule has 4 rings (SSSR count). The van der Waals surface area contributed by atoms with Gasteiger partial charge >= 0.3 is 6.16 Å². The van der Waals surface area contributed by atoms with Gasteiger partial charge in [-0.25, -0.2) is 4.79 Å². The number of phenolic OH excluding ortho intramolecular Hbond substituents is 1. The molecule has 4 nitrogen and oxygen atoms in total. The van der Waals surface area contributed by atoms with Crippen LogP contribution in [-0.2, 0) is 4.74 Å². The van der Waals surface area contributed by atoms with Crippen LogP contribution in [0.4, 0.5) is 4.79 Å². The number of hydrogen-bond acceptors (Lipinski definition) is 4.